The molecular formula is CH6Si2Zr. The predicted molar refractivity (Wildman–Crippen MR) is 21.6 cm³/mol. The van der Waals surface area contributed by atoms with E-state index in [0.29, 0.717) is 20.5 Å². The predicted octanol–water partition coefficient (Wildman–Crippen LogP) is -0.983. The molecule has 0 spiro atoms. The number of hydrogen-bond donors (Lipinski definition) is 0. The summed E-state index contributed by atoms with van der Waals surface area (Å²) >= 11 is 0.335. The van der Waals surface area contributed by atoms with E-state index >= 15 is 0 Å². The summed E-state index contributed by atoms with van der Waals surface area (Å²) < 4.78 is 0. The summed E-state index contributed by atoms with van der Waals surface area (Å²) in [5, 5.41) is 0. The standard InChI is InChI=1S/CH4Si.H2Si.Zr/c1-2;;/h2H,1H3;1H2;. The molecule has 0 aromatic rings. The molecule has 0 aliphatic heterocycles. The summed E-state index contributed by atoms with van der Waals surface area (Å²) in [7, 11) is 0. The van der Waals surface area contributed by atoms with E-state index in [4.69, 9.17) is 0 Å². The Balaban J connectivity index is 3.11. The van der Waals surface area contributed by atoms with Crippen LogP contribution in [0.5, 0.6) is 0 Å². The molecule has 0 aromatic carbocycles. The van der Waals surface area contributed by atoms with Gasteiger partial charge < -0.3 is 0 Å². The minimum absolute atomic E-state index is 0.335. The summed E-state index contributed by atoms with van der Waals surface area (Å²) in [5.41, 5.74) is 0. The van der Waals surface area contributed by atoms with Crippen LogP contribution in [0.4, 0.5) is 0 Å². The fourth-order valence-corrected chi connectivity index (χ4v) is 0. The molecule has 0 aromatic heterocycles. The summed E-state index contributed by atoms with van der Waals surface area (Å²) in [4.78, 5) is 0. The average molecular weight is 165 g/mol. The first-order chi connectivity index (χ1) is 1.91. The molecule has 3 heteroatoms. The van der Waals surface area contributed by atoms with E-state index in [1.807, 2.05) is 0 Å². The third kappa shape index (κ3) is 3.32. The fourth-order valence-electron chi connectivity index (χ4n) is 0. The van der Waals surface area contributed by atoms with Crippen molar-refractivity contribution in [2.24, 2.45) is 0 Å². The van der Waals surface area contributed by atoms with Crippen LogP contribution in [0.1, 0.15) is 0 Å². The third-order valence-corrected chi connectivity index (χ3v) is 10.9. The van der Waals surface area contributed by atoms with Gasteiger partial charge in [0.15, 0.2) is 0 Å². The van der Waals surface area contributed by atoms with E-state index in [1.165, 1.54) is 0 Å². The maximum atomic E-state index is 2.35. The van der Waals surface area contributed by atoms with Crippen molar-refractivity contribution < 1.29 is 20.5 Å². The summed E-state index contributed by atoms with van der Waals surface area (Å²) in [5.74, 6) is 0. The molecule has 0 saturated carbocycles. The van der Waals surface area contributed by atoms with Crippen molar-refractivity contribution in [1.29, 1.82) is 0 Å². The SMILES string of the molecule is C[SiH]=[Zr]=[SiH2]. The van der Waals surface area contributed by atoms with Crippen molar-refractivity contribution in [2.75, 3.05) is 0 Å². The van der Waals surface area contributed by atoms with Gasteiger partial charge in [0.2, 0.25) is 0 Å². The molecule has 22 valence electrons. The van der Waals surface area contributed by atoms with Gasteiger partial charge in [-0.2, -0.15) is 0 Å². The monoisotopic (exact) mass is 164 g/mol. The first-order valence-corrected chi connectivity index (χ1v) is 13.1. The van der Waals surface area contributed by atoms with E-state index in [0.717, 1.165) is 6.16 Å². The van der Waals surface area contributed by atoms with Crippen LogP contribution in [0, 0.1) is 0 Å². The van der Waals surface area contributed by atoms with E-state index < -0.39 is 0 Å². The molecule has 0 fully saturated rings. The van der Waals surface area contributed by atoms with Crippen LogP contribution in [0.25, 0.3) is 0 Å². The first-order valence-electron chi connectivity index (χ1n) is 1.22. The van der Waals surface area contributed by atoms with Gasteiger partial charge in [-0.05, 0) is 0 Å². The van der Waals surface area contributed by atoms with E-state index in [-0.39, 0.29) is 0 Å². The molecule has 0 nitrogen and oxygen atoms in total. The molecule has 0 saturated heterocycles. The molecular weight excluding hydrogens is 159 g/mol. The third-order valence-electron chi connectivity index (χ3n) is 0.204. The Morgan fingerprint density at radius 1 is 2.00 bits per heavy atom. The first kappa shape index (κ1) is 5.32. The van der Waals surface area contributed by atoms with Gasteiger partial charge in [0.25, 0.3) is 0 Å². The van der Waals surface area contributed by atoms with E-state index in [9.17, 15) is 0 Å². The number of rotatable bonds is 0. The van der Waals surface area contributed by atoms with Gasteiger partial charge in [-0.15, -0.1) is 0 Å². The van der Waals surface area contributed by atoms with Crippen LogP contribution in [0.3, 0.4) is 0 Å². The van der Waals surface area contributed by atoms with Crippen molar-refractivity contribution in [3.05, 3.63) is 0 Å². The Hall–Kier alpha value is 1.32. The van der Waals surface area contributed by atoms with Gasteiger partial charge in [0, 0.05) is 0 Å². The normalized spacial score (nSPS) is 4.25. The Morgan fingerprint density at radius 3 is 2.25 bits per heavy atom. The van der Waals surface area contributed by atoms with Crippen molar-refractivity contribution in [1.82, 2.24) is 0 Å². The average Bonchev–Trinajstić information content (AvgIpc) is 1.37. The van der Waals surface area contributed by atoms with Crippen LogP contribution in [-0.4, -0.2) is 13.0 Å². The Bertz CT molecular complexity index is 44.0. The van der Waals surface area contributed by atoms with Gasteiger partial charge in [0.1, 0.15) is 0 Å². The molecule has 4 heavy (non-hydrogen) atoms. The molecule has 0 N–H and O–H groups in total. The summed E-state index contributed by atoms with van der Waals surface area (Å²) in [6.45, 7) is 4.58. The maximum absolute atomic E-state index is 2.35. The van der Waals surface area contributed by atoms with Crippen LogP contribution < -0.4 is 0 Å². The second-order valence-corrected chi connectivity index (χ2v) is 16.0. The second-order valence-electron chi connectivity index (χ2n) is 0.493. The van der Waals surface area contributed by atoms with Crippen molar-refractivity contribution in [3.8, 4) is 0 Å². The van der Waals surface area contributed by atoms with Crippen molar-refractivity contribution in [3.63, 3.8) is 0 Å². The fraction of sp³-hybridized carbons (Fsp3) is 1.00. The van der Waals surface area contributed by atoms with E-state index in [1.54, 1.807) is 0 Å². The van der Waals surface area contributed by atoms with Gasteiger partial charge in [-0.1, -0.05) is 0 Å². The molecule has 0 amide bonds. The second kappa shape index (κ2) is 4.32. The van der Waals surface area contributed by atoms with Gasteiger partial charge in [-0.25, -0.2) is 0 Å². The Labute approximate surface area is 40.0 Å². The van der Waals surface area contributed by atoms with Crippen molar-refractivity contribution in [2.45, 2.75) is 6.55 Å². The Kier molecular flexibility index (Phi) is 5.74. The van der Waals surface area contributed by atoms with Gasteiger partial charge in [-0.3, -0.25) is 0 Å². The molecule has 0 rings (SSSR count). The Morgan fingerprint density at radius 2 is 2.25 bits per heavy atom. The van der Waals surface area contributed by atoms with E-state index in [2.05, 4.69) is 13.4 Å². The van der Waals surface area contributed by atoms with Gasteiger partial charge in [0.05, 0.1) is 0 Å². The molecule has 0 radical (unpaired) electrons. The van der Waals surface area contributed by atoms with Crippen LogP contribution in [-0.2, 0) is 20.5 Å². The summed E-state index contributed by atoms with van der Waals surface area (Å²) in [6, 6.07) is 0. The van der Waals surface area contributed by atoms with Crippen LogP contribution in [0.2, 0.25) is 6.55 Å². The van der Waals surface area contributed by atoms with Gasteiger partial charge >= 0.3 is 40.1 Å². The van der Waals surface area contributed by atoms with Crippen LogP contribution in [0.15, 0.2) is 0 Å². The van der Waals surface area contributed by atoms with Crippen LogP contribution >= 0.6 is 0 Å². The minimum atomic E-state index is 0.335. The zero-order valence-electron chi connectivity index (χ0n) is 2.78. The topological polar surface area (TPSA) is 0 Å². The molecule has 0 atom stereocenters. The summed E-state index contributed by atoms with van der Waals surface area (Å²) in [6.07, 6.45) is 0.965. The molecule has 0 aliphatic rings. The zero-order valence-corrected chi connectivity index (χ0v) is 7.81. The quantitative estimate of drug-likeness (QED) is 0.405. The molecule has 0 bridgehead atoms. The van der Waals surface area contributed by atoms with Crippen molar-refractivity contribution >= 4 is 13.0 Å². The zero-order chi connectivity index (χ0) is 3.41. The molecule has 0 heterocycles. The molecule has 0 unspecified atom stereocenters. The number of hydrogen-bond acceptors (Lipinski definition) is 0. The molecule has 0 aliphatic carbocycles.